The molecule has 5 atom stereocenters. The van der Waals surface area contributed by atoms with Crippen molar-refractivity contribution in [3.63, 3.8) is 0 Å². The summed E-state index contributed by atoms with van der Waals surface area (Å²) < 4.78 is 31.0. The second-order valence-electron chi connectivity index (χ2n) is 11.9. The van der Waals surface area contributed by atoms with Crippen molar-refractivity contribution >= 4 is 29.2 Å². The van der Waals surface area contributed by atoms with E-state index in [4.69, 9.17) is 29.4 Å². The summed E-state index contributed by atoms with van der Waals surface area (Å²) in [4.78, 5) is 42.4. The predicted molar refractivity (Wildman–Crippen MR) is 155 cm³/mol. The first-order valence-corrected chi connectivity index (χ1v) is 15.1. The number of aromatic nitrogens is 3. The summed E-state index contributed by atoms with van der Waals surface area (Å²) in [6, 6.07) is 4.79. The molecule has 0 spiro atoms. The molecule has 14 heteroatoms. The number of rotatable bonds is 12. The van der Waals surface area contributed by atoms with Crippen LogP contribution in [0.2, 0.25) is 0 Å². The highest BCUT2D eigenvalue weighted by Gasteiger charge is 2.61. The van der Waals surface area contributed by atoms with Crippen LogP contribution < -0.4 is 11.1 Å². The van der Waals surface area contributed by atoms with Gasteiger partial charge in [0.25, 0.3) is 0 Å². The van der Waals surface area contributed by atoms with E-state index in [1.54, 1.807) is 46.8 Å². The molecule has 1 saturated carbocycles. The Labute approximate surface area is 256 Å². The highest BCUT2D eigenvalue weighted by Crippen LogP contribution is 2.44. The molecule has 2 fully saturated rings. The molecule has 1 aliphatic heterocycles. The Morgan fingerprint density at radius 2 is 1.75 bits per heavy atom. The number of carbonyl (C=O) groups is 3. The van der Waals surface area contributed by atoms with Gasteiger partial charge in [0.15, 0.2) is 18.0 Å². The van der Waals surface area contributed by atoms with Gasteiger partial charge in [-0.15, -0.1) is 0 Å². The van der Waals surface area contributed by atoms with Crippen LogP contribution in [0.1, 0.15) is 78.5 Å². The molecule has 0 bridgehead atoms. The number of esters is 3. The number of anilines is 1. The first kappa shape index (κ1) is 33.1. The normalized spacial score (nSPS) is 24.7. The van der Waals surface area contributed by atoms with E-state index in [0.29, 0.717) is 11.2 Å². The van der Waals surface area contributed by atoms with Crippen molar-refractivity contribution in [2.24, 2.45) is 11.8 Å². The van der Waals surface area contributed by atoms with Crippen LogP contribution in [-0.4, -0.2) is 75.8 Å². The molecule has 2 aromatic rings. The number of hydrogen-bond acceptors (Lipinski definition) is 13. The van der Waals surface area contributed by atoms with Crippen LogP contribution in [0.15, 0.2) is 18.5 Å². The van der Waals surface area contributed by atoms with Crippen molar-refractivity contribution in [1.29, 1.82) is 5.26 Å². The average Bonchev–Trinajstić information content (AvgIpc) is 3.56. The van der Waals surface area contributed by atoms with E-state index in [0.717, 1.165) is 32.1 Å². The van der Waals surface area contributed by atoms with E-state index < -0.39 is 59.7 Å². The van der Waals surface area contributed by atoms with Gasteiger partial charge < -0.3 is 29.4 Å². The van der Waals surface area contributed by atoms with Crippen LogP contribution in [-0.2, 0) is 38.1 Å². The Kier molecular flexibility index (Phi) is 10.8. The Hall–Kier alpha value is -3.80. The highest BCUT2D eigenvalue weighted by atomic mass is 16.7. The van der Waals surface area contributed by atoms with Crippen LogP contribution in [0.3, 0.4) is 0 Å². The lowest BCUT2D eigenvalue weighted by Gasteiger charge is -2.29. The van der Waals surface area contributed by atoms with Crippen LogP contribution in [0.4, 0.5) is 5.82 Å². The number of nitrogens with one attached hydrogen (secondary N) is 1. The standard InChI is InChI=1S/C30H42N6O8/c1-17(2)27(37)42-24-23(21-11-12-22-26(32)33-15-35-36(21)22)44-30(13-31,25(24)43-28(38)18(3)4)14-40-16-34-19(5)29(39)41-20-9-7-6-8-10-20/h11-12,15,17-20,23-25,34H,6-10,14,16H2,1-5H3,(H2,32,33,35)/t19-,23-,24-,25-,30+/m0/s1. The molecule has 14 nitrogen and oxygen atoms in total. The Morgan fingerprint density at radius 1 is 1.07 bits per heavy atom. The van der Waals surface area contributed by atoms with Gasteiger partial charge >= 0.3 is 17.9 Å². The predicted octanol–water partition coefficient (Wildman–Crippen LogP) is 2.61. The smallest absolute Gasteiger partial charge is 0.323 e. The van der Waals surface area contributed by atoms with Gasteiger partial charge in [0.2, 0.25) is 5.60 Å². The van der Waals surface area contributed by atoms with Gasteiger partial charge in [-0.25, -0.2) is 9.50 Å². The third-order valence-corrected chi connectivity index (χ3v) is 7.82. The van der Waals surface area contributed by atoms with E-state index in [1.165, 1.54) is 10.8 Å². The molecule has 0 radical (unpaired) electrons. The SMILES string of the molecule is CC(C)C(=O)O[C@H]1[C@H](c2ccc3c(N)ncnn23)O[C@](C#N)(COCN[C@@H](C)C(=O)OC2CCCCC2)[C@H]1OC(=O)C(C)C. The number of nitrogens with zero attached hydrogens (tertiary/aromatic N) is 4. The largest absolute Gasteiger partial charge is 0.461 e. The summed E-state index contributed by atoms with van der Waals surface area (Å²) in [5, 5.41) is 17.7. The topological polar surface area (TPSA) is 189 Å². The number of fused-ring (bicyclic) bond motifs is 1. The molecule has 44 heavy (non-hydrogen) atoms. The first-order chi connectivity index (χ1) is 21.0. The van der Waals surface area contributed by atoms with E-state index >= 15 is 0 Å². The number of ether oxygens (including phenoxy) is 5. The molecule has 0 aromatic carbocycles. The van der Waals surface area contributed by atoms with E-state index in [1.807, 2.05) is 0 Å². The molecular formula is C30H42N6O8. The lowest BCUT2D eigenvalue weighted by molar-refractivity contribution is -0.175. The van der Waals surface area contributed by atoms with Crippen molar-refractivity contribution in [3.05, 3.63) is 24.2 Å². The zero-order valence-corrected chi connectivity index (χ0v) is 25.9. The first-order valence-electron chi connectivity index (χ1n) is 15.1. The minimum atomic E-state index is -1.90. The summed E-state index contributed by atoms with van der Waals surface area (Å²) in [5.74, 6) is -2.45. The van der Waals surface area contributed by atoms with Crippen molar-refractivity contribution in [3.8, 4) is 6.07 Å². The lowest BCUT2D eigenvalue weighted by Crippen LogP contribution is -2.50. The van der Waals surface area contributed by atoms with E-state index in [-0.39, 0.29) is 25.3 Å². The molecule has 4 rings (SSSR count). The van der Waals surface area contributed by atoms with Gasteiger partial charge in [0, 0.05) is 0 Å². The number of carbonyl (C=O) groups excluding carboxylic acids is 3. The minimum Gasteiger partial charge on any atom is -0.461 e. The van der Waals surface area contributed by atoms with Crippen LogP contribution in [0, 0.1) is 23.2 Å². The molecule has 2 aliphatic rings. The average molecular weight is 615 g/mol. The van der Waals surface area contributed by atoms with E-state index in [2.05, 4.69) is 21.5 Å². The van der Waals surface area contributed by atoms with Crippen molar-refractivity contribution in [2.45, 2.75) is 103 Å². The number of nitriles is 1. The van der Waals surface area contributed by atoms with Crippen LogP contribution in [0.5, 0.6) is 0 Å². The zero-order valence-electron chi connectivity index (χ0n) is 25.9. The Morgan fingerprint density at radius 3 is 2.41 bits per heavy atom. The summed E-state index contributed by atoms with van der Waals surface area (Å²) in [5.41, 5.74) is 5.00. The van der Waals surface area contributed by atoms with Gasteiger partial charge in [-0.3, -0.25) is 19.7 Å². The van der Waals surface area contributed by atoms with Crippen molar-refractivity contribution in [1.82, 2.24) is 19.9 Å². The van der Waals surface area contributed by atoms with Gasteiger partial charge in [0.1, 0.15) is 36.2 Å². The zero-order chi connectivity index (χ0) is 32.0. The maximum atomic E-state index is 12.9. The summed E-state index contributed by atoms with van der Waals surface area (Å²) in [6.07, 6.45) is 2.41. The molecule has 2 aromatic heterocycles. The second-order valence-corrected chi connectivity index (χ2v) is 11.9. The van der Waals surface area contributed by atoms with Crippen molar-refractivity contribution in [2.75, 3.05) is 19.1 Å². The molecule has 240 valence electrons. The second kappa shape index (κ2) is 14.3. The third-order valence-electron chi connectivity index (χ3n) is 7.82. The van der Waals surface area contributed by atoms with Crippen molar-refractivity contribution < 1.29 is 38.1 Å². The number of nitrogens with two attached hydrogens (primary N) is 1. The molecule has 0 unspecified atom stereocenters. The maximum absolute atomic E-state index is 12.9. The monoisotopic (exact) mass is 614 g/mol. The third kappa shape index (κ3) is 7.28. The van der Waals surface area contributed by atoms with Crippen LogP contribution >= 0.6 is 0 Å². The molecular weight excluding hydrogens is 572 g/mol. The number of hydrogen-bond donors (Lipinski definition) is 2. The highest BCUT2D eigenvalue weighted by molar-refractivity contribution is 5.75. The maximum Gasteiger partial charge on any atom is 0.323 e. The molecule has 0 amide bonds. The molecule has 3 N–H and O–H groups in total. The molecule has 1 saturated heterocycles. The quantitative estimate of drug-likeness (QED) is 0.154. The Balaban J connectivity index is 1.58. The van der Waals surface area contributed by atoms with Gasteiger partial charge in [-0.1, -0.05) is 34.1 Å². The van der Waals surface area contributed by atoms with Gasteiger partial charge in [0.05, 0.1) is 30.9 Å². The fourth-order valence-corrected chi connectivity index (χ4v) is 5.18. The summed E-state index contributed by atoms with van der Waals surface area (Å²) >= 11 is 0. The molecule has 3 heterocycles. The summed E-state index contributed by atoms with van der Waals surface area (Å²) in [7, 11) is 0. The summed E-state index contributed by atoms with van der Waals surface area (Å²) in [6.45, 7) is 7.75. The fraction of sp³-hybridized carbons (Fsp3) is 0.667. The number of nitrogen functional groups attached to an aromatic ring is 1. The lowest BCUT2D eigenvalue weighted by atomic mass is 9.95. The minimum absolute atomic E-state index is 0.0836. The Bertz CT molecular complexity index is 1370. The van der Waals surface area contributed by atoms with Crippen LogP contribution in [0.25, 0.3) is 5.52 Å². The molecule has 1 aliphatic carbocycles. The van der Waals surface area contributed by atoms with E-state index in [9.17, 15) is 19.6 Å². The van der Waals surface area contributed by atoms with Gasteiger partial charge in [-0.05, 0) is 44.7 Å². The van der Waals surface area contributed by atoms with Gasteiger partial charge in [-0.2, -0.15) is 10.4 Å². The fourth-order valence-electron chi connectivity index (χ4n) is 5.18.